The van der Waals surface area contributed by atoms with E-state index in [4.69, 9.17) is 5.11 Å². The molecule has 5 heteroatoms. The second-order valence-electron chi connectivity index (χ2n) is 6.31. The Hall–Kier alpha value is -2.82. The van der Waals surface area contributed by atoms with Gasteiger partial charge in [0.25, 0.3) is 0 Å². The second-order valence-corrected chi connectivity index (χ2v) is 6.31. The van der Waals surface area contributed by atoms with E-state index in [1.54, 1.807) is 24.3 Å². The monoisotopic (exact) mass is 338 g/mol. The number of carbonyl (C=O) groups is 2. The van der Waals surface area contributed by atoms with Crippen LogP contribution in [0.1, 0.15) is 22.3 Å². The van der Waals surface area contributed by atoms with E-state index in [1.165, 1.54) is 0 Å². The molecule has 1 aliphatic heterocycles. The first-order valence-corrected chi connectivity index (χ1v) is 8.53. The molecule has 1 atom stereocenters. The molecule has 25 heavy (non-hydrogen) atoms. The Balaban J connectivity index is 1.44. The Labute approximate surface area is 147 Å². The summed E-state index contributed by atoms with van der Waals surface area (Å²) in [6.45, 7) is 2.22. The van der Waals surface area contributed by atoms with Crippen molar-refractivity contribution in [1.82, 2.24) is 5.32 Å². The fourth-order valence-electron chi connectivity index (χ4n) is 3.14. The smallest absolute Gasteiger partial charge is 0.335 e. The van der Waals surface area contributed by atoms with E-state index in [2.05, 4.69) is 22.3 Å². The maximum absolute atomic E-state index is 12.3. The van der Waals surface area contributed by atoms with E-state index in [9.17, 15) is 9.59 Å². The molecule has 2 aromatic rings. The summed E-state index contributed by atoms with van der Waals surface area (Å²) in [6.07, 6.45) is 1.56. The molecule has 0 saturated carbocycles. The first kappa shape index (κ1) is 17.0. The number of carboxylic acids is 1. The van der Waals surface area contributed by atoms with Crippen LogP contribution >= 0.6 is 0 Å². The van der Waals surface area contributed by atoms with Gasteiger partial charge in [0.2, 0.25) is 5.91 Å². The standard InChI is InChI=1S/C20H22N2O3/c23-19(17-11-13-22(14-17)18-4-2-1-3-5-18)21-12-10-15-6-8-16(9-7-15)20(24)25/h1-9,17H,10-14H2,(H,21,23)(H,24,25). The van der Waals surface area contributed by atoms with Crippen LogP contribution < -0.4 is 10.2 Å². The topological polar surface area (TPSA) is 69.6 Å². The summed E-state index contributed by atoms with van der Waals surface area (Å²) in [5, 5.41) is 11.9. The summed E-state index contributed by atoms with van der Waals surface area (Å²) in [6, 6.07) is 16.9. The third kappa shape index (κ3) is 4.38. The number of anilines is 1. The number of benzene rings is 2. The van der Waals surface area contributed by atoms with Crippen molar-refractivity contribution < 1.29 is 14.7 Å². The van der Waals surface area contributed by atoms with Crippen molar-refractivity contribution in [3.05, 3.63) is 65.7 Å². The average molecular weight is 338 g/mol. The third-order valence-corrected chi connectivity index (χ3v) is 4.59. The summed E-state index contributed by atoms with van der Waals surface area (Å²) >= 11 is 0. The van der Waals surface area contributed by atoms with Crippen molar-refractivity contribution in [2.45, 2.75) is 12.8 Å². The molecule has 2 aromatic carbocycles. The molecule has 0 aromatic heterocycles. The number of amides is 1. The van der Waals surface area contributed by atoms with Gasteiger partial charge in [-0.2, -0.15) is 0 Å². The molecule has 0 bridgehead atoms. The van der Waals surface area contributed by atoms with Crippen molar-refractivity contribution in [3.8, 4) is 0 Å². The largest absolute Gasteiger partial charge is 0.478 e. The summed E-state index contributed by atoms with van der Waals surface area (Å²) in [7, 11) is 0. The van der Waals surface area contributed by atoms with Gasteiger partial charge in [-0.25, -0.2) is 4.79 Å². The zero-order chi connectivity index (χ0) is 17.6. The highest BCUT2D eigenvalue weighted by molar-refractivity contribution is 5.87. The van der Waals surface area contributed by atoms with Gasteiger partial charge >= 0.3 is 5.97 Å². The molecule has 0 spiro atoms. The Morgan fingerprint density at radius 1 is 1.08 bits per heavy atom. The minimum absolute atomic E-state index is 0.0228. The van der Waals surface area contributed by atoms with Crippen LogP contribution in [0.4, 0.5) is 5.69 Å². The number of para-hydroxylation sites is 1. The van der Waals surface area contributed by atoms with E-state index >= 15 is 0 Å². The SMILES string of the molecule is O=C(O)c1ccc(CCNC(=O)C2CCN(c3ccccc3)C2)cc1. The van der Waals surface area contributed by atoms with E-state index < -0.39 is 5.97 Å². The van der Waals surface area contributed by atoms with Gasteiger partial charge in [-0.05, 0) is 42.7 Å². The molecule has 0 aliphatic carbocycles. The molecule has 1 saturated heterocycles. The van der Waals surface area contributed by atoms with Crippen molar-refractivity contribution in [2.24, 2.45) is 5.92 Å². The van der Waals surface area contributed by atoms with E-state index in [-0.39, 0.29) is 17.4 Å². The van der Waals surface area contributed by atoms with Crippen LogP contribution in [0.15, 0.2) is 54.6 Å². The number of nitrogens with one attached hydrogen (secondary N) is 1. The normalized spacial score (nSPS) is 16.6. The molecule has 1 aliphatic rings. The lowest BCUT2D eigenvalue weighted by atomic mass is 10.1. The van der Waals surface area contributed by atoms with Crippen LogP contribution in [0.25, 0.3) is 0 Å². The molecule has 1 amide bonds. The quantitative estimate of drug-likeness (QED) is 0.849. The summed E-state index contributed by atoms with van der Waals surface area (Å²) < 4.78 is 0. The van der Waals surface area contributed by atoms with Crippen molar-refractivity contribution in [3.63, 3.8) is 0 Å². The second kappa shape index (κ2) is 7.83. The highest BCUT2D eigenvalue weighted by Crippen LogP contribution is 2.23. The molecule has 1 heterocycles. The minimum Gasteiger partial charge on any atom is -0.478 e. The number of hydrogen-bond donors (Lipinski definition) is 2. The van der Waals surface area contributed by atoms with Crippen molar-refractivity contribution in [1.29, 1.82) is 0 Å². The Kier molecular flexibility index (Phi) is 5.33. The van der Waals surface area contributed by atoms with Gasteiger partial charge in [0.05, 0.1) is 11.5 Å². The van der Waals surface area contributed by atoms with Gasteiger partial charge in [-0.3, -0.25) is 4.79 Å². The Morgan fingerprint density at radius 2 is 1.80 bits per heavy atom. The first-order valence-electron chi connectivity index (χ1n) is 8.53. The van der Waals surface area contributed by atoms with Crippen LogP contribution in [-0.4, -0.2) is 36.6 Å². The number of hydrogen-bond acceptors (Lipinski definition) is 3. The first-order chi connectivity index (χ1) is 12.1. The number of aromatic carboxylic acids is 1. The number of carboxylic acid groups (broad SMARTS) is 1. The lowest BCUT2D eigenvalue weighted by Gasteiger charge is -2.18. The van der Waals surface area contributed by atoms with Crippen LogP contribution in [0.5, 0.6) is 0 Å². The highest BCUT2D eigenvalue weighted by Gasteiger charge is 2.28. The number of carbonyl (C=O) groups excluding carboxylic acids is 1. The van der Waals surface area contributed by atoms with Crippen molar-refractivity contribution >= 4 is 17.6 Å². The lowest BCUT2D eigenvalue weighted by Crippen LogP contribution is -2.34. The van der Waals surface area contributed by atoms with Gasteiger partial charge in [0.15, 0.2) is 0 Å². The van der Waals surface area contributed by atoms with Gasteiger partial charge in [-0.1, -0.05) is 30.3 Å². The molecular formula is C20H22N2O3. The van der Waals surface area contributed by atoms with Gasteiger partial charge in [0.1, 0.15) is 0 Å². The van der Waals surface area contributed by atoms with E-state index in [0.717, 1.165) is 30.8 Å². The molecule has 5 nitrogen and oxygen atoms in total. The molecule has 1 fully saturated rings. The predicted molar refractivity (Wildman–Crippen MR) is 96.9 cm³/mol. The summed E-state index contributed by atoms with van der Waals surface area (Å²) in [5.41, 5.74) is 2.46. The van der Waals surface area contributed by atoms with E-state index in [1.807, 2.05) is 18.2 Å². The number of nitrogens with zero attached hydrogens (tertiary/aromatic N) is 1. The minimum atomic E-state index is -0.927. The number of rotatable bonds is 6. The van der Waals surface area contributed by atoms with Gasteiger partial charge in [0, 0.05) is 25.3 Å². The molecule has 130 valence electrons. The van der Waals surface area contributed by atoms with Crippen LogP contribution in [0.3, 0.4) is 0 Å². The van der Waals surface area contributed by atoms with Gasteiger partial charge in [-0.15, -0.1) is 0 Å². The fourth-order valence-corrected chi connectivity index (χ4v) is 3.14. The molecule has 3 rings (SSSR count). The molecule has 2 N–H and O–H groups in total. The molecule has 0 radical (unpaired) electrons. The zero-order valence-corrected chi connectivity index (χ0v) is 14.0. The maximum Gasteiger partial charge on any atom is 0.335 e. The van der Waals surface area contributed by atoms with Gasteiger partial charge < -0.3 is 15.3 Å². The zero-order valence-electron chi connectivity index (χ0n) is 14.0. The summed E-state index contributed by atoms with van der Waals surface area (Å²) in [5.74, 6) is -0.806. The lowest BCUT2D eigenvalue weighted by molar-refractivity contribution is -0.124. The molecular weight excluding hydrogens is 316 g/mol. The Bertz CT molecular complexity index is 728. The van der Waals surface area contributed by atoms with Crippen LogP contribution in [0.2, 0.25) is 0 Å². The molecule has 1 unspecified atom stereocenters. The Morgan fingerprint density at radius 3 is 2.48 bits per heavy atom. The van der Waals surface area contributed by atoms with Crippen LogP contribution in [0, 0.1) is 5.92 Å². The van der Waals surface area contributed by atoms with Crippen molar-refractivity contribution in [2.75, 3.05) is 24.5 Å². The van der Waals surface area contributed by atoms with Crippen LogP contribution in [-0.2, 0) is 11.2 Å². The van der Waals surface area contributed by atoms with E-state index in [0.29, 0.717) is 13.0 Å². The average Bonchev–Trinajstić information content (AvgIpc) is 3.13. The maximum atomic E-state index is 12.3. The fraction of sp³-hybridized carbons (Fsp3) is 0.300. The third-order valence-electron chi connectivity index (χ3n) is 4.59. The predicted octanol–water partition coefficient (Wildman–Crippen LogP) is 2.57. The highest BCUT2D eigenvalue weighted by atomic mass is 16.4. The summed E-state index contributed by atoms with van der Waals surface area (Å²) in [4.78, 5) is 25.4.